The SMILES string of the molecule is Cc1csc(CCNCc2cn[nH]c2C(C)(C)C)n1. The maximum absolute atomic E-state index is 4.46. The van der Waals surface area contributed by atoms with E-state index in [1.807, 2.05) is 13.1 Å². The van der Waals surface area contributed by atoms with Crippen molar-refractivity contribution in [2.75, 3.05) is 6.54 Å². The highest BCUT2D eigenvalue weighted by atomic mass is 32.1. The van der Waals surface area contributed by atoms with Crippen molar-refractivity contribution < 1.29 is 0 Å². The molecular weight excluding hydrogens is 256 g/mol. The van der Waals surface area contributed by atoms with Crippen LogP contribution in [0.25, 0.3) is 0 Å². The zero-order valence-corrected chi connectivity index (χ0v) is 12.9. The molecule has 0 aromatic carbocycles. The molecule has 0 saturated carbocycles. The first-order chi connectivity index (χ1) is 8.97. The van der Waals surface area contributed by atoms with Gasteiger partial charge in [0.05, 0.1) is 11.2 Å². The molecule has 2 aromatic heterocycles. The Morgan fingerprint density at radius 3 is 2.79 bits per heavy atom. The lowest BCUT2D eigenvalue weighted by atomic mass is 9.89. The minimum Gasteiger partial charge on any atom is -0.312 e. The Bertz CT molecular complexity index is 522. The second-order valence-corrected chi connectivity index (χ2v) is 6.77. The average molecular weight is 278 g/mol. The van der Waals surface area contributed by atoms with Gasteiger partial charge in [0.2, 0.25) is 0 Å². The summed E-state index contributed by atoms with van der Waals surface area (Å²) in [5, 5.41) is 14.0. The molecule has 0 fully saturated rings. The molecule has 0 saturated heterocycles. The molecule has 19 heavy (non-hydrogen) atoms. The van der Waals surface area contributed by atoms with Gasteiger partial charge in [0.15, 0.2) is 0 Å². The third kappa shape index (κ3) is 3.88. The molecule has 2 aromatic rings. The average Bonchev–Trinajstić information content (AvgIpc) is 2.92. The lowest BCUT2D eigenvalue weighted by Gasteiger charge is -2.18. The minimum atomic E-state index is 0.111. The van der Waals surface area contributed by atoms with Crippen molar-refractivity contribution in [2.24, 2.45) is 0 Å². The zero-order valence-electron chi connectivity index (χ0n) is 12.1. The Labute approximate surface area is 118 Å². The summed E-state index contributed by atoms with van der Waals surface area (Å²) < 4.78 is 0. The van der Waals surface area contributed by atoms with Gasteiger partial charge < -0.3 is 5.32 Å². The summed E-state index contributed by atoms with van der Waals surface area (Å²) in [6, 6.07) is 0. The first-order valence-electron chi connectivity index (χ1n) is 6.61. The van der Waals surface area contributed by atoms with E-state index in [-0.39, 0.29) is 5.41 Å². The van der Waals surface area contributed by atoms with E-state index in [1.54, 1.807) is 11.3 Å². The molecule has 0 aliphatic rings. The molecule has 2 N–H and O–H groups in total. The molecule has 0 aliphatic heterocycles. The number of H-pyrrole nitrogens is 1. The van der Waals surface area contributed by atoms with Crippen molar-refractivity contribution >= 4 is 11.3 Å². The maximum Gasteiger partial charge on any atom is 0.0940 e. The quantitative estimate of drug-likeness (QED) is 0.827. The van der Waals surface area contributed by atoms with Crippen LogP contribution in [0.2, 0.25) is 0 Å². The van der Waals surface area contributed by atoms with Crippen LogP contribution in [0.4, 0.5) is 0 Å². The minimum absolute atomic E-state index is 0.111. The monoisotopic (exact) mass is 278 g/mol. The standard InChI is InChI=1S/C14H22N4S/c1-10-9-19-12(17-10)5-6-15-7-11-8-16-18-13(11)14(2,3)4/h8-9,15H,5-7H2,1-4H3,(H,16,18). The highest BCUT2D eigenvalue weighted by Crippen LogP contribution is 2.23. The van der Waals surface area contributed by atoms with Crippen molar-refractivity contribution in [1.29, 1.82) is 0 Å². The van der Waals surface area contributed by atoms with Gasteiger partial charge >= 0.3 is 0 Å². The summed E-state index contributed by atoms with van der Waals surface area (Å²) in [5.41, 5.74) is 3.69. The van der Waals surface area contributed by atoms with E-state index in [9.17, 15) is 0 Å². The summed E-state index contributed by atoms with van der Waals surface area (Å²) >= 11 is 1.74. The molecule has 104 valence electrons. The number of thiazole rings is 1. The van der Waals surface area contributed by atoms with Crippen molar-refractivity contribution in [3.8, 4) is 0 Å². The van der Waals surface area contributed by atoms with Crippen LogP contribution in [0.3, 0.4) is 0 Å². The predicted molar refractivity (Wildman–Crippen MR) is 79.5 cm³/mol. The zero-order chi connectivity index (χ0) is 13.9. The Kier molecular flexibility index (Phi) is 4.37. The van der Waals surface area contributed by atoms with Gasteiger partial charge in [-0.1, -0.05) is 20.8 Å². The van der Waals surface area contributed by atoms with Gasteiger partial charge in [0.25, 0.3) is 0 Å². The van der Waals surface area contributed by atoms with Gasteiger partial charge in [-0.05, 0) is 6.92 Å². The van der Waals surface area contributed by atoms with E-state index in [0.29, 0.717) is 0 Å². The van der Waals surface area contributed by atoms with Crippen LogP contribution >= 0.6 is 11.3 Å². The van der Waals surface area contributed by atoms with Gasteiger partial charge in [-0.3, -0.25) is 5.10 Å². The number of hydrogen-bond donors (Lipinski definition) is 2. The third-order valence-corrected chi connectivity index (χ3v) is 3.99. The molecule has 0 unspecified atom stereocenters. The van der Waals surface area contributed by atoms with E-state index in [0.717, 1.165) is 25.2 Å². The fraction of sp³-hybridized carbons (Fsp3) is 0.571. The molecule has 0 amide bonds. The molecule has 0 radical (unpaired) electrons. The molecule has 0 bridgehead atoms. The summed E-state index contributed by atoms with van der Waals surface area (Å²) in [6.45, 7) is 10.4. The lowest BCUT2D eigenvalue weighted by molar-refractivity contribution is 0.553. The molecule has 0 aliphatic carbocycles. The Balaban J connectivity index is 1.82. The third-order valence-electron chi connectivity index (χ3n) is 2.97. The molecule has 4 nitrogen and oxygen atoms in total. The number of hydrogen-bond acceptors (Lipinski definition) is 4. The molecule has 2 heterocycles. The van der Waals surface area contributed by atoms with Gasteiger partial charge in [-0.15, -0.1) is 11.3 Å². The number of aromatic nitrogens is 3. The van der Waals surface area contributed by atoms with Crippen molar-refractivity contribution in [3.63, 3.8) is 0 Å². The van der Waals surface area contributed by atoms with Crippen LogP contribution in [0, 0.1) is 6.92 Å². The van der Waals surface area contributed by atoms with Crippen molar-refractivity contribution in [2.45, 2.75) is 46.1 Å². The topological polar surface area (TPSA) is 53.6 Å². The van der Waals surface area contributed by atoms with E-state index in [2.05, 4.69) is 46.6 Å². The van der Waals surface area contributed by atoms with Gasteiger partial charge in [-0.2, -0.15) is 5.10 Å². The predicted octanol–water partition coefficient (Wildman–Crippen LogP) is 2.80. The molecular formula is C14H22N4S. The molecule has 2 rings (SSSR count). The van der Waals surface area contributed by atoms with Crippen LogP contribution in [0.15, 0.2) is 11.6 Å². The fourth-order valence-corrected chi connectivity index (χ4v) is 2.81. The first-order valence-corrected chi connectivity index (χ1v) is 7.49. The van der Waals surface area contributed by atoms with Gasteiger partial charge in [-0.25, -0.2) is 4.98 Å². The highest BCUT2D eigenvalue weighted by Gasteiger charge is 2.19. The van der Waals surface area contributed by atoms with Crippen LogP contribution in [0.5, 0.6) is 0 Å². The second kappa shape index (κ2) is 5.84. The van der Waals surface area contributed by atoms with E-state index >= 15 is 0 Å². The van der Waals surface area contributed by atoms with Crippen LogP contribution < -0.4 is 5.32 Å². The molecule has 0 atom stereocenters. The van der Waals surface area contributed by atoms with Crippen molar-refractivity contribution in [1.82, 2.24) is 20.5 Å². The number of aryl methyl sites for hydroxylation is 1. The summed E-state index contributed by atoms with van der Waals surface area (Å²) in [6.07, 6.45) is 2.91. The number of rotatable bonds is 5. The fourth-order valence-electron chi connectivity index (χ4n) is 2.03. The van der Waals surface area contributed by atoms with Crippen molar-refractivity contribution in [3.05, 3.63) is 33.5 Å². The Morgan fingerprint density at radius 2 is 2.16 bits per heavy atom. The van der Waals surface area contributed by atoms with E-state index < -0.39 is 0 Å². The first kappa shape index (κ1) is 14.2. The summed E-state index contributed by atoms with van der Waals surface area (Å²) in [4.78, 5) is 4.46. The number of nitrogens with one attached hydrogen (secondary N) is 2. The summed E-state index contributed by atoms with van der Waals surface area (Å²) in [5.74, 6) is 0. The maximum atomic E-state index is 4.46. The summed E-state index contributed by atoms with van der Waals surface area (Å²) in [7, 11) is 0. The smallest absolute Gasteiger partial charge is 0.0940 e. The highest BCUT2D eigenvalue weighted by molar-refractivity contribution is 7.09. The number of aromatic amines is 1. The molecule has 5 heteroatoms. The van der Waals surface area contributed by atoms with E-state index in [4.69, 9.17) is 0 Å². The Hall–Kier alpha value is -1.20. The normalized spacial score (nSPS) is 12.0. The van der Waals surface area contributed by atoms with Crippen LogP contribution in [-0.4, -0.2) is 21.7 Å². The van der Waals surface area contributed by atoms with Crippen LogP contribution in [0.1, 0.15) is 42.7 Å². The second-order valence-electron chi connectivity index (χ2n) is 5.83. The van der Waals surface area contributed by atoms with E-state index in [1.165, 1.54) is 16.3 Å². The van der Waals surface area contributed by atoms with Crippen LogP contribution in [-0.2, 0) is 18.4 Å². The molecule has 0 spiro atoms. The largest absolute Gasteiger partial charge is 0.312 e. The Morgan fingerprint density at radius 1 is 1.37 bits per heavy atom. The number of nitrogens with zero attached hydrogens (tertiary/aromatic N) is 2. The van der Waals surface area contributed by atoms with Gasteiger partial charge in [0.1, 0.15) is 0 Å². The van der Waals surface area contributed by atoms with Gasteiger partial charge in [0, 0.05) is 47.3 Å². The lowest BCUT2D eigenvalue weighted by Crippen LogP contribution is -2.20.